The van der Waals surface area contributed by atoms with E-state index in [-0.39, 0.29) is 51.5 Å². The summed E-state index contributed by atoms with van der Waals surface area (Å²) in [4.78, 5) is 26.3. The number of carbonyl (C=O) groups is 2. The van der Waals surface area contributed by atoms with E-state index in [1.807, 2.05) is 13.8 Å². The summed E-state index contributed by atoms with van der Waals surface area (Å²) in [5.74, 6) is -2.44. The van der Waals surface area contributed by atoms with Crippen LogP contribution in [0.2, 0.25) is 5.02 Å². The number of hydrogen-bond donors (Lipinski definition) is 2. The van der Waals surface area contributed by atoms with Gasteiger partial charge in [0.25, 0.3) is 0 Å². The van der Waals surface area contributed by atoms with Gasteiger partial charge in [-0.2, -0.15) is 0 Å². The van der Waals surface area contributed by atoms with Gasteiger partial charge in [0.1, 0.15) is 13.2 Å². The molecule has 4 saturated heterocycles. The molecule has 5 rings (SSSR count). The van der Waals surface area contributed by atoms with Gasteiger partial charge in [0, 0.05) is 47.8 Å². The molecular formula is C38H59ClN2O8. The molecular weight excluding hydrogens is 648 g/mol. The van der Waals surface area contributed by atoms with Crippen molar-refractivity contribution >= 4 is 23.5 Å². The van der Waals surface area contributed by atoms with Crippen LogP contribution in [-0.4, -0.2) is 85.3 Å². The number of benzene rings is 1. The molecule has 1 aromatic rings. The van der Waals surface area contributed by atoms with Crippen LogP contribution in [0.25, 0.3) is 0 Å². The van der Waals surface area contributed by atoms with Crippen molar-refractivity contribution in [3.05, 3.63) is 34.3 Å². The van der Waals surface area contributed by atoms with Crippen molar-refractivity contribution < 1.29 is 38.0 Å². The highest BCUT2D eigenvalue weighted by Crippen LogP contribution is 2.46. The Hall–Kier alpha value is -1.79. The van der Waals surface area contributed by atoms with Gasteiger partial charge in [-0.25, -0.2) is 9.59 Å². The average Bonchev–Trinajstić information content (AvgIpc) is 2.97. The first-order chi connectivity index (χ1) is 22.6. The van der Waals surface area contributed by atoms with Crippen LogP contribution >= 0.6 is 11.6 Å². The van der Waals surface area contributed by atoms with Gasteiger partial charge in [0.2, 0.25) is 0 Å². The minimum Gasteiger partial charge on any atom is -0.461 e. The molecule has 10 nitrogen and oxygen atoms in total. The monoisotopic (exact) mass is 706 g/mol. The van der Waals surface area contributed by atoms with Gasteiger partial charge < -0.3 is 39.1 Å². The van der Waals surface area contributed by atoms with Crippen molar-refractivity contribution in [3.8, 4) is 0 Å². The molecule has 4 aliphatic heterocycles. The number of piperidine rings is 2. The summed E-state index contributed by atoms with van der Waals surface area (Å²) >= 11 is 6.53. The zero-order valence-electron chi connectivity index (χ0n) is 31.4. The van der Waals surface area contributed by atoms with Crippen LogP contribution < -0.4 is 10.6 Å². The van der Waals surface area contributed by atoms with Crippen LogP contribution in [0.4, 0.5) is 0 Å². The van der Waals surface area contributed by atoms with Crippen LogP contribution in [0.1, 0.15) is 128 Å². The van der Waals surface area contributed by atoms with E-state index in [1.54, 1.807) is 0 Å². The van der Waals surface area contributed by atoms with Gasteiger partial charge in [0.05, 0.1) is 53.4 Å². The van der Waals surface area contributed by atoms with Crippen LogP contribution in [0, 0.1) is 10.8 Å². The van der Waals surface area contributed by atoms with E-state index in [4.69, 9.17) is 40.0 Å². The SMILES string of the molecule is CCC1(COC(=O)c2ccc(C(=O)OCC3(CC)COC4(CC(C)(C)NC(C)(C)C4)OC3)c(Cl)c2)COC2(CC(C)(C)NC(C)(C)C2)OC1. The maximum Gasteiger partial charge on any atom is 0.339 e. The summed E-state index contributed by atoms with van der Waals surface area (Å²) in [5.41, 5.74) is -1.07. The van der Waals surface area contributed by atoms with Gasteiger partial charge in [-0.3, -0.25) is 0 Å². The van der Waals surface area contributed by atoms with Crippen LogP contribution in [0.3, 0.4) is 0 Å². The molecule has 49 heavy (non-hydrogen) atoms. The Morgan fingerprint density at radius 3 is 1.37 bits per heavy atom. The predicted molar refractivity (Wildman–Crippen MR) is 188 cm³/mol. The molecule has 0 saturated carbocycles. The summed E-state index contributed by atoms with van der Waals surface area (Å²) < 4.78 is 37.4. The van der Waals surface area contributed by atoms with Crippen LogP contribution in [0.5, 0.6) is 0 Å². The first-order valence-electron chi connectivity index (χ1n) is 17.9. The quantitative estimate of drug-likeness (QED) is 0.280. The standard InChI is InChI=1S/C38H59ClN2O8/c1-11-35(22-46-37(47-23-35)16-31(3,4)40-32(5,6)17-37)20-44-29(42)26-13-14-27(28(39)15-26)30(43)45-21-36(12-2)24-48-38(49-25-36)18-33(7,8)41-34(9,10)19-38/h13-15,40-41H,11-12,16-25H2,1-10H3. The van der Waals surface area contributed by atoms with Gasteiger partial charge in [-0.15, -0.1) is 0 Å². The van der Waals surface area contributed by atoms with Crippen molar-refractivity contribution in [1.29, 1.82) is 0 Å². The summed E-state index contributed by atoms with van der Waals surface area (Å²) in [5, 5.41) is 7.46. The Labute approximate surface area is 297 Å². The summed E-state index contributed by atoms with van der Waals surface area (Å²) in [6.07, 6.45) is 4.34. The molecule has 4 fully saturated rings. The number of halogens is 1. The molecule has 0 amide bonds. The zero-order chi connectivity index (χ0) is 36.2. The second-order valence-corrected chi connectivity index (χ2v) is 18.4. The van der Waals surface area contributed by atoms with Crippen molar-refractivity contribution in [3.63, 3.8) is 0 Å². The lowest BCUT2D eigenvalue weighted by Crippen LogP contribution is -2.67. The molecule has 0 atom stereocenters. The first-order valence-corrected chi connectivity index (χ1v) is 18.2. The molecule has 0 bridgehead atoms. The highest BCUT2D eigenvalue weighted by atomic mass is 35.5. The molecule has 1 aromatic carbocycles. The third kappa shape index (κ3) is 8.82. The Bertz CT molecular complexity index is 1350. The molecule has 4 heterocycles. The number of ether oxygens (including phenoxy) is 6. The molecule has 0 aliphatic carbocycles. The molecule has 0 aromatic heterocycles. The molecule has 0 radical (unpaired) electrons. The first kappa shape index (κ1) is 38.4. The van der Waals surface area contributed by atoms with Gasteiger partial charge in [0.15, 0.2) is 11.6 Å². The van der Waals surface area contributed by atoms with Crippen molar-refractivity contribution in [1.82, 2.24) is 10.6 Å². The largest absolute Gasteiger partial charge is 0.461 e. The van der Waals surface area contributed by atoms with E-state index in [2.05, 4.69) is 66.0 Å². The van der Waals surface area contributed by atoms with E-state index < -0.39 is 34.3 Å². The average molecular weight is 707 g/mol. The van der Waals surface area contributed by atoms with Crippen LogP contribution in [0.15, 0.2) is 18.2 Å². The summed E-state index contributed by atoms with van der Waals surface area (Å²) in [6, 6.07) is 4.50. The third-order valence-electron chi connectivity index (χ3n) is 10.7. The van der Waals surface area contributed by atoms with E-state index in [1.165, 1.54) is 18.2 Å². The summed E-state index contributed by atoms with van der Waals surface area (Å²) in [7, 11) is 0. The number of nitrogens with one attached hydrogen (secondary N) is 2. The lowest BCUT2D eigenvalue weighted by molar-refractivity contribution is -0.332. The molecule has 4 aliphatic rings. The topological polar surface area (TPSA) is 114 Å². The minimum absolute atomic E-state index is 0.117. The second kappa shape index (κ2) is 13.3. The van der Waals surface area contributed by atoms with E-state index in [9.17, 15) is 9.59 Å². The molecule has 11 heteroatoms. The number of rotatable bonds is 8. The van der Waals surface area contributed by atoms with Gasteiger partial charge in [-0.05, 0) is 86.4 Å². The normalized spacial score (nSPS) is 26.9. The second-order valence-electron chi connectivity index (χ2n) is 18.0. The molecule has 2 N–H and O–H groups in total. The van der Waals surface area contributed by atoms with Crippen molar-refractivity contribution in [2.45, 2.75) is 141 Å². The van der Waals surface area contributed by atoms with Crippen molar-refractivity contribution in [2.24, 2.45) is 10.8 Å². The zero-order valence-corrected chi connectivity index (χ0v) is 32.1. The third-order valence-corrected chi connectivity index (χ3v) is 11.0. The van der Waals surface area contributed by atoms with E-state index in [0.717, 1.165) is 32.1 Å². The fourth-order valence-corrected chi connectivity index (χ4v) is 8.98. The molecule has 276 valence electrons. The number of carbonyl (C=O) groups excluding carboxylic acids is 2. The van der Waals surface area contributed by atoms with E-state index >= 15 is 0 Å². The van der Waals surface area contributed by atoms with Gasteiger partial charge in [-0.1, -0.05) is 25.4 Å². The highest BCUT2D eigenvalue weighted by molar-refractivity contribution is 6.34. The molecule has 2 spiro atoms. The van der Waals surface area contributed by atoms with Crippen molar-refractivity contribution in [2.75, 3.05) is 39.6 Å². The Morgan fingerprint density at radius 1 is 0.653 bits per heavy atom. The maximum absolute atomic E-state index is 13.2. The lowest BCUT2D eigenvalue weighted by atomic mass is 9.77. The predicted octanol–water partition coefficient (Wildman–Crippen LogP) is 6.81. The Kier molecular flexibility index (Phi) is 10.4. The molecule has 0 unspecified atom stereocenters. The number of hydrogen-bond acceptors (Lipinski definition) is 10. The fourth-order valence-electron chi connectivity index (χ4n) is 8.73. The van der Waals surface area contributed by atoms with E-state index in [0.29, 0.717) is 32.8 Å². The smallest absolute Gasteiger partial charge is 0.339 e. The summed E-state index contributed by atoms with van der Waals surface area (Å²) in [6.45, 7) is 23.3. The highest BCUT2D eigenvalue weighted by Gasteiger charge is 2.55. The number of esters is 2. The fraction of sp³-hybridized carbons (Fsp3) is 0.789. The van der Waals surface area contributed by atoms with Crippen LogP contribution in [-0.2, 0) is 28.4 Å². The Morgan fingerprint density at radius 2 is 1.02 bits per heavy atom. The minimum atomic E-state index is -0.674. The maximum atomic E-state index is 13.2. The van der Waals surface area contributed by atoms with Gasteiger partial charge >= 0.3 is 11.9 Å². The Balaban J connectivity index is 1.14. The lowest BCUT2D eigenvalue weighted by Gasteiger charge is -2.55.